The molecular weight excluding hydrogens is 260 g/mol. The molecule has 7 nitrogen and oxygen atoms in total. The van der Waals surface area contributed by atoms with Gasteiger partial charge in [0, 0.05) is 17.8 Å². The fraction of sp³-hybridized carbons (Fsp3) is 0.231. The van der Waals surface area contributed by atoms with E-state index < -0.39 is 10.8 Å². The van der Waals surface area contributed by atoms with Crippen LogP contribution in [0.25, 0.3) is 0 Å². The molecule has 0 saturated carbocycles. The van der Waals surface area contributed by atoms with Crippen molar-refractivity contribution in [2.24, 2.45) is 0 Å². The van der Waals surface area contributed by atoms with Crippen LogP contribution in [0.4, 0.5) is 11.5 Å². The van der Waals surface area contributed by atoms with Gasteiger partial charge in [-0.25, -0.2) is 0 Å². The second kappa shape index (κ2) is 5.52. The third-order valence-corrected chi connectivity index (χ3v) is 2.85. The molecular formula is C13H14N4O3. The fourth-order valence-corrected chi connectivity index (χ4v) is 1.78. The topological polar surface area (TPSA) is 101 Å². The molecule has 1 aromatic heterocycles. The van der Waals surface area contributed by atoms with Crippen LogP contribution >= 0.6 is 0 Å². The van der Waals surface area contributed by atoms with Crippen molar-refractivity contribution in [1.82, 2.24) is 10.2 Å². The number of carbonyl (C=O) groups excluding carboxylic acids is 1. The van der Waals surface area contributed by atoms with E-state index in [1.165, 1.54) is 12.1 Å². The highest BCUT2D eigenvalue weighted by Gasteiger charge is 2.20. The number of H-pyrrole nitrogens is 1. The molecule has 0 aliphatic carbocycles. The van der Waals surface area contributed by atoms with Gasteiger partial charge >= 0.3 is 0 Å². The van der Waals surface area contributed by atoms with Crippen molar-refractivity contribution >= 4 is 17.4 Å². The van der Waals surface area contributed by atoms with Crippen molar-refractivity contribution in [3.8, 4) is 0 Å². The monoisotopic (exact) mass is 274 g/mol. The number of anilines is 1. The molecule has 0 atom stereocenters. The summed E-state index contributed by atoms with van der Waals surface area (Å²) < 4.78 is 0. The first kappa shape index (κ1) is 13.7. The molecule has 0 bridgehead atoms. The summed E-state index contributed by atoms with van der Waals surface area (Å²) in [5.74, 6) is -0.197. The Balaban J connectivity index is 2.28. The molecule has 7 heteroatoms. The van der Waals surface area contributed by atoms with E-state index in [-0.39, 0.29) is 11.3 Å². The van der Waals surface area contributed by atoms with E-state index in [2.05, 4.69) is 15.5 Å². The minimum absolute atomic E-state index is 0.0241. The second-order valence-corrected chi connectivity index (χ2v) is 4.36. The van der Waals surface area contributed by atoms with Crippen LogP contribution in [0.5, 0.6) is 0 Å². The average molecular weight is 274 g/mol. The largest absolute Gasteiger partial charge is 0.305 e. The highest BCUT2D eigenvalue weighted by Crippen LogP contribution is 2.21. The highest BCUT2D eigenvalue weighted by molar-refractivity contribution is 6.06. The predicted molar refractivity (Wildman–Crippen MR) is 73.8 cm³/mol. The molecule has 2 rings (SSSR count). The Kier molecular flexibility index (Phi) is 3.79. The van der Waals surface area contributed by atoms with Crippen LogP contribution in [-0.2, 0) is 6.42 Å². The quantitative estimate of drug-likeness (QED) is 0.660. The van der Waals surface area contributed by atoms with Crippen LogP contribution in [0.3, 0.4) is 0 Å². The Bertz CT molecular complexity index is 663. The van der Waals surface area contributed by atoms with Crippen molar-refractivity contribution in [3.05, 3.63) is 51.2 Å². The van der Waals surface area contributed by atoms with Gasteiger partial charge in [0.15, 0.2) is 5.82 Å². The lowest BCUT2D eigenvalue weighted by atomic mass is 10.1. The lowest BCUT2D eigenvalue weighted by Crippen LogP contribution is -2.14. The Morgan fingerprint density at radius 3 is 2.80 bits per heavy atom. The molecule has 2 N–H and O–H groups in total. The molecule has 1 heterocycles. The van der Waals surface area contributed by atoms with E-state index >= 15 is 0 Å². The van der Waals surface area contributed by atoms with Crippen LogP contribution in [0.15, 0.2) is 24.3 Å². The molecule has 0 saturated heterocycles. The van der Waals surface area contributed by atoms with E-state index in [1.807, 2.05) is 6.92 Å². The van der Waals surface area contributed by atoms with Gasteiger partial charge in [-0.15, -0.1) is 0 Å². The zero-order chi connectivity index (χ0) is 14.7. The first-order chi connectivity index (χ1) is 9.51. The van der Waals surface area contributed by atoms with Crippen molar-refractivity contribution in [2.45, 2.75) is 20.3 Å². The van der Waals surface area contributed by atoms with E-state index in [4.69, 9.17) is 0 Å². The number of benzene rings is 1. The molecule has 0 aliphatic heterocycles. The van der Waals surface area contributed by atoms with Crippen molar-refractivity contribution in [1.29, 1.82) is 0 Å². The maximum Gasteiger partial charge on any atom is 0.282 e. The number of nitrogens with one attached hydrogen (secondary N) is 2. The predicted octanol–water partition coefficient (Wildman–Crippen LogP) is 2.44. The van der Waals surface area contributed by atoms with Gasteiger partial charge in [-0.3, -0.25) is 20.0 Å². The second-order valence-electron chi connectivity index (χ2n) is 4.36. The number of aromatic nitrogens is 2. The lowest BCUT2D eigenvalue weighted by Gasteiger charge is -2.04. The van der Waals surface area contributed by atoms with Gasteiger partial charge in [0.25, 0.3) is 11.6 Å². The van der Waals surface area contributed by atoms with E-state index in [0.717, 1.165) is 17.7 Å². The van der Waals surface area contributed by atoms with Gasteiger partial charge in [0.2, 0.25) is 0 Å². The number of nitro benzene ring substituents is 1. The number of carbonyl (C=O) groups is 1. The smallest absolute Gasteiger partial charge is 0.282 e. The molecule has 0 unspecified atom stereocenters. The normalized spacial score (nSPS) is 10.3. The Morgan fingerprint density at radius 1 is 1.45 bits per heavy atom. The summed E-state index contributed by atoms with van der Waals surface area (Å²) in [6, 6.07) is 6.10. The third kappa shape index (κ3) is 2.82. The zero-order valence-corrected chi connectivity index (χ0v) is 11.1. The van der Waals surface area contributed by atoms with Crippen LogP contribution in [0.1, 0.15) is 28.5 Å². The first-order valence-electron chi connectivity index (χ1n) is 6.12. The number of nitro groups is 1. The summed E-state index contributed by atoms with van der Waals surface area (Å²) in [7, 11) is 0. The minimum Gasteiger partial charge on any atom is -0.305 e. The number of nitrogens with zero attached hydrogens (tertiary/aromatic N) is 2. The van der Waals surface area contributed by atoms with E-state index in [0.29, 0.717) is 5.82 Å². The Hall–Kier alpha value is -2.70. The summed E-state index contributed by atoms with van der Waals surface area (Å²) in [6.45, 7) is 3.72. The first-order valence-corrected chi connectivity index (χ1v) is 6.12. The van der Waals surface area contributed by atoms with Crippen LogP contribution < -0.4 is 5.32 Å². The van der Waals surface area contributed by atoms with Crippen molar-refractivity contribution < 1.29 is 9.72 Å². The summed E-state index contributed by atoms with van der Waals surface area (Å²) in [5, 5.41) is 20.2. The fourth-order valence-electron chi connectivity index (χ4n) is 1.78. The van der Waals surface area contributed by atoms with Gasteiger partial charge in [0.05, 0.1) is 4.92 Å². The van der Waals surface area contributed by atoms with Crippen LogP contribution in [-0.4, -0.2) is 21.0 Å². The zero-order valence-electron chi connectivity index (χ0n) is 11.1. The van der Waals surface area contributed by atoms with Crippen molar-refractivity contribution in [3.63, 3.8) is 0 Å². The van der Waals surface area contributed by atoms with Gasteiger partial charge in [-0.2, -0.15) is 5.10 Å². The summed E-state index contributed by atoms with van der Waals surface area (Å²) >= 11 is 0. The lowest BCUT2D eigenvalue weighted by molar-refractivity contribution is -0.385. The van der Waals surface area contributed by atoms with Gasteiger partial charge in [0.1, 0.15) is 5.56 Å². The standard InChI is InChI=1S/C13H14N4O3/c1-3-9-7-12(16-15-9)14-13(18)10-6-8(2)4-5-11(10)17(19)20/h4-7H,3H2,1-2H3,(H2,14,15,16,18). The summed E-state index contributed by atoms with van der Waals surface area (Å²) in [5.41, 5.74) is 1.45. The SMILES string of the molecule is CCc1cc(NC(=O)c2cc(C)ccc2[N+](=O)[O-])n[nH]1. The third-order valence-electron chi connectivity index (χ3n) is 2.85. The molecule has 0 radical (unpaired) electrons. The van der Waals surface area contributed by atoms with Gasteiger partial charge < -0.3 is 5.32 Å². The van der Waals surface area contributed by atoms with Gasteiger partial charge in [-0.05, 0) is 25.0 Å². The molecule has 0 spiro atoms. The molecule has 2 aromatic rings. The van der Waals surface area contributed by atoms with Crippen LogP contribution in [0.2, 0.25) is 0 Å². The molecule has 0 fully saturated rings. The van der Waals surface area contributed by atoms with E-state index in [9.17, 15) is 14.9 Å². The van der Waals surface area contributed by atoms with Crippen molar-refractivity contribution in [2.75, 3.05) is 5.32 Å². The average Bonchev–Trinajstić information content (AvgIpc) is 2.85. The van der Waals surface area contributed by atoms with E-state index in [1.54, 1.807) is 19.1 Å². The molecule has 1 amide bonds. The summed E-state index contributed by atoms with van der Waals surface area (Å²) in [4.78, 5) is 22.5. The van der Waals surface area contributed by atoms with Crippen LogP contribution in [0, 0.1) is 17.0 Å². The summed E-state index contributed by atoms with van der Waals surface area (Å²) in [6.07, 6.45) is 0.757. The molecule has 104 valence electrons. The number of amides is 1. The minimum atomic E-state index is -0.573. The molecule has 20 heavy (non-hydrogen) atoms. The number of hydrogen-bond donors (Lipinski definition) is 2. The number of aromatic amines is 1. The van der Waals surface area contributed by atoms with Gasteiger partial charge in [-0.1, -0.05) is 13.0 Å². The highest BCUT2D eigenvalue weighted by atomic mass is 16.6. The number of rotatable bonds is 4. The number of aryl methyl sites for hydroxylation is 2. The Morgan fingerprint density at radius 2 is 2.20 bits per heavy atom. The maximum atomic E-state index is 12.1. The molecule has 0 aliphatic rings. The maximum absolute atomic E-state index is 12.1. The number of hydrogen-bond acceptors (Lipinski definition) is 4. The molecule has 1 aromatic carbocycles. The Labute approximate surface area is 115 Å².